The molecule has 5 rings (SSSR count). The Balaban J connectivity index is 1.16. The number of carbonyl (C=O) groups is 1. The highest BCUT2D eigenvalue weighted by atomic mass is 16.4. The molecule has 3 nitrogen and oxygen atoms in total. The lowest BCUT2D eigenvalue weighted by Crippen LogP contribution is -2.50. The molecule has 8 atom stereocenters. The first kappa shape index (κ1) is 19.6. The number of unbranched alkanes of at least 4 members (excludes halogenated alkanes) is 1. The molecule has 0 aromatic heterocycles. The SMILES string of the molecule is O=C(O)C1=C[C@@H](O)[C@@H]2C[C@H]3[C@H](CCC/C=C/C=C/c4ccccc4)[C@H]4C=C[C@@H]1[C@@H]2[C@H]43. The molecule has 0 aliphatic heterocycles. The maximum Gasteiger partial charge on any atom is 0.331 e. The smallest absolute Gasteiger partial charge is 0.331 e. The van der Waals surface area contributed by atoms with Crippen molar-refractivity contribution in [1.82, 2.24) is 0 Å². The fourth-order valence-corrected chi connectivity index (χ4v) is 6.87. The minimum atomic E-state index is -0.868. The standard InChI is InChI=1S/C27H30O3/c28-24-16-22(27(29)30)20-14-13-19-18(21-15-23(24)26(20)25(19)21)12-8-3-1-2-5-9-17-10-6-4-7-11-17/h1-2,4-7,9-11,13-14,16,18-21,23-26,28H,3,8,12,15H2,(H,29,30)/b2-1+,9-5+/t18-,19-,20+,21+,23+,24-,25-,26+/m1/s1. The van der Waals surface area contributed by atoms with Crippen molar-refractivity contribution >= 4 is 12.0 Å². The molecule has 3 heteroatoms. The molecule has 0 saturated heterocycles. The van der Waals surface area contributed by atoms with Crippen LogP contribution in [0.3, 0.4) is 0 Å². The molecule has 0 bridgehead atoms. The highest BCUT2D eigenvalue weighted by molar-refractivity contribution is 5.88. The molecule has 2 fully saturated rings. The van der Waals surface area contributed by atoms with E-state index in [2.05, 4.69) is 48.6 Å². The van der Waals surface area contributed by atoms with Crippen molar-refractivity contribution in [2.45, 2.75) is 31.8 Å². The van der Waals surface area contributed by atoms with E-state index in [-0.39, 0.29) is 11.8 Å². The number of benzene rings is 1. The van der Waals surface area contributed by atoms with Crippen LogP contribution in [0, 0.1) is 41.4 Å². The third-order valence-corrected chi connectivity index (χ3v) is 8.06. The summed E-state index contributed by atoms with van der Waals surface area (Å²) >= 11 is 0. The Labute approximate surface area is 178 Å². The van der Waals surface area contributed by atoms with Gasteiger partial charge >= 0.3 is 5.97 Å². The van der Waals surface area contributed by atoms with Gasteiger partial charge in [-0.1, -0.05) is 66.8 Å². The average Bonchev–Trinajstić information content (AvgIpc) is 3.11. The second-order valence-electron chi connectivity index (χ2n) is 9.42. The van der Waals surface area contributed by atoms with E-state index in [1.165, 1.54) is 18.4 Å². The van der Waals surface area contributed by atoms with Crippen molar-refractivity contribution in [3.05, 3.63) is 77.9 Å². The summed E-state index contributed by atoms with van der Waals surface area (Å²) in [6, 6.07) is 10.3. The second-order valence-corrected chi connectivity index (χ2v) is 9.42. The Morgan fingerprint density at radius 3 is 2.70 bits per heavy atom. The van der Waals surface area contributed by atoms with Crippen molar-refractivity contribution in [2.75, 3.05) is 0 Å². The lowest BCUT2D eigenvalue weighted by molar-refractivity contribution is -0.134. The fraction of sp³-hybridized carbons (Fsp3) is 0.444. The highest BCUT2D eigenvalue weighted by Crippen LogP contribution is 2.67. The Kier molecular flexibility index (Phi) is 5.24. The molecule has 1 aromatic rings. The van der Waals surface area contributed by atoms with Crippen LogP contribution in [0.2, 0.25) is 0 Å². The van der Waals surface area contributed by atoms with Crippen LogP contribution in [-0.2, 0) is 4.79 Å². The van der Waals surface area contributed by atoms with Crippen LogP contribution in [0.25, 0.3) is 6.08 Å². The lowest BCUT2D eigenvalue weighted by atomic mass is 9.50. The Morgan fingerprint density at radius 1 is 1.07 bits per heavy atom. The third-order valence-electron chi connectivity index (χ3n) is 8.06. The number of allylic oxidation sites excluding steroid dienone is 5. The minimum Gasteiger partial charge on any atom is -0.478 e. The van der Waals surface area contributed by atoms with Crippen molar-refractivity contribution in [1.29, 1.82) is 0 Å². The van der Waals surface area contributed by atoms with Crippen LogP contribution >= 0.6 is 0 Å². The summed E-state index contributed by atoms with van der Waals surface area (Å²) in [6.07, 6.45) is 18.7. The Hall–Kier alpha value is -2.39. The molecule has 2 N–H and O–H groups in total. The third kappa shape index (κ3) is 3.30. The van der Waals surface area contributed by atoms with Gasteiger partial charge in [0.25, 0.3) is 0 Å². The van der Waals surface area contributed by atoms with Gasteiger partial charge in [-0.3, -0.25) is 0 Å². The Bertz CT molecular complexity index is 909. The quantitative estimate of drug-likeness (QED) is 0.378. The normalized spacial score (nSPS) is 38.5. The van der Waals surface area contributed by atoms with Crippen LogP contribution < -0.4 is 0 Å². The van der Waals surface area contributed by atoms with E-state index in [0.29, 0.717) is 35.2 Å². The molecule has 0 heterocycles. The molecule has 0 radical (unpaired) electrons. The van der Waals surface area contributed by atoms with Gasteiger partial charge in [-0.25, -0.2) is 4.79 Å². The fourth-order valence-electron chi connectivity index (χ4n) is 6.87. The molecule has 0 amide bonds. The second kappa shape index (κ2) is 8.03. The maximum atomic E-state index is 11.7. The van der Waals surface area contributed by atoms with Crippen LogP contribution in [-0.4, -0.2) is 22.3 Å². The summed E-state index contributed by atoms with van der Waals surface area (Å²) in [7, 11) is 0. The first-order chi connectivity index (χ1) is 14.6. The number of rotatable bonds is 7. The van der Waals surface area contributed by atoms with Crippen LogP contribution in [0.15, 0.2) is 72.4 Å². The van der Waals surface area contributed by atoms with Gasteiger partial charge in [-0.2, -0.15) is 0 Å². The van der Waals surface area contributed by atoms with Gasteiger partial charge in [0, 0.05) is 11.5 Å². The molecular formula is C27H30O3. The number of aliphatic hydroxyl groups is 1. The lowest BCUT2D eigenvalue weighted by Gasteiger charge is -2.54. The van der Waals surface area contributed by atoms with Gasteiger partial charge in [-0.05, 0) is 72.8 Å². The molecule has 30 heavy (non-hydrogen) atoms. The first-order valence-electron chi connectivity index (χ1n) is 11.3. The highest BCUT2D eigenvalue weighted by Gasteiger charge is 2.63. The zero-order valence-corrected chi connectivity index (χ0v) is 17.2. The zero-order valence-electron chi connectivity index (χ0n) is 17.2. The first-order valence-corrected chi connectivity index (χ1v) is 11.3. The van der Waals surface area contributed by atoms with E-state index in [1.807, 2.05) is 18.2 Å². The summed E-state index contributed by atoms with van der Waals surface area (Å²) < 4.78 is 0. The van der Waals surface area contributed by atoms with Gasteiger partial charge in [0.05, 0.1) is 6.10 Å². The van der Waals surface area contributed by atoms with Crippen molar-refractivity contribution in [2.24, 2.45) is 41.4 Å². The maximum absolute atomic E-state index is 11.7. The predicted molar refractivity (Wildman–Crippen MR) is 118 cm³/mol. The van der Waals surface area contributed by atoms with Gasteiger partial charge in [0.1, 0.15) is 0 Å². The van der Waals surface area contributed by atoms with Gasteiger partial charge in [-0.15, -0.1) is 0 Å². The molecule has 2 saturated carbocycles. The van der Waals surface area contributed by atoms with E-state index in [0.717, 1.165) is 12.8 Å². The van der Waals surface area contributed by atoms with Gasteiger partial charge in [0.15, 0.2) is 0 Å². The molecule has 4 aliphatic rings. The van der Waals surface area contributed by atoms with Crippen LogP contribution in [0.5, 0.6) is 0 Å². The molecular weight excluding hydrogens is 372 g/mol. The van der Waals surface area contributed by atoms with E-state index in [1.54, 1.807) is 6.08 Å². The van der Waals surface area contributed by atoms with E-state index >= 15 is 0 Å². The van der Waals surface area contributed by atoms with E-state index in [4.69, 9.17) is 0 Å². The summed E-state index contributed by atoms with van der Waals surface area (Å²) in [4.78, 5) is 11.7. The van der Waals surface area contributed by atoms with Crippen LogP contribution in [0.4, 0.5) is 0 Å². The van der Waals surface area contributed by atoms with Crippen LogP contribution in [0.1, 0.15) is 31.2 Å². The molecule has 0 spiro atoms. The average molecular weight is 403 g/mol. The monoisotopic (exact) mass is 402 g/mol. The van der Waals surface area contributed by atoms with E-state index in [9.17, 15) is 15.0 Å². The van der Waals surface area contributed by atoms with Gasteiger partial charge in [0.2, 0.25) is 0 Å². The number of aliphatic hydroxyl groups excluding tert-OH is 1. The largest absolute Gasteiger partial charge is 0.478 e. The molecule has 156 valence electrons. The summed E-state index contributed by atoms with van der Waals surface area (Å²) in [6.45, 7) is 0. The summed E-state index contributed by atoms with van der Waals surface area (Å²) in [5.74, 6) is 2.24. The number of hydrogen-bond acceptors (Lipinski definition) is 2. The van der Waals surface area contributed by atoms with Crippen molar-refractivity contribution in [3.8, 4) is 0 Å². The predicted octanol–water partition coefficient (Wildman–Crippen LogP) is 5.11. The number of aliphatic carboxylic acids is 1. The molecule has 4 aliphatic carbocycles. The minimum absolute atomic E-state index is 0.00225. The zero-order chi connectivity index (χ0) is 20.7. The molecule has 0 unspecified atom stereocenters. The number of carboxylic acid groups (broad SMARTS) is 1. The molecule has 1 aromatic carbocycles. The van der Waals surface area contributed by atoms with Crippen molar-refractivity contribution < 1.29 is 15.0 Å². The number of carboxylic acids is 1. The van der Waals surface area contributed by atoms with Crippen molar-refractivity contribution in [3.63, 3.8) is 0 Å². The van der Waals surface area contributed by atoms with Gasteiger partial charge < -0.3 is 10.2 Å². The summed E-state index contributed by atoms with van der Waals surface area (Å²) in [5, 5.41) is 20.1. The topological polar surface area (TPSA) is 57.5 Å². The summed E-state index contributed by atoms with van der Waals surface area (Å²) in [5.41, 5.74) is 1.63. The van der Waals surface area contributed by atoms with E-state index < -0.39 is 12.1 Å². The number of hydrogen-bond donors (Lipinski definition) is 2. The Morgan fingerprint density at radius 2 is 1.90 bits per heavy atom.